The minimum Gasteiger partial charge on any atom is -0.504 e. The third kappa shape index (κ3) is 3.62. The molecule has 0 bridgehead atoms. The fourth-order valence-electron chi connectivity index (χ4n) is 4.04. The summed E-state index contributed by atoms with van der Waals surface area (Å²) in [6.45, 7) is 4.23. The lowest BCUT2D eigenvalue weighted by Gasteiger charge is -2.36. The summed E-state index contributed by atoms with van der Waals surface area (Å²) in [6.07, 6.45) is 1.92. The van der Waals surface area contributed by atoms with E-state index in [-0.39, 0.29) is 23.3 Å². The Bertz CT molecular complexity index is 1230. The number of phenols is 1. The van der Waals surface area contributed by atoms with Gasteiger partial charge in [0.15, 0.2) is 11.5 Å². The number of fused-ring (bicyclic) bond motifs is 3. The first-order chi connectivity index (χ1) is 15.3. The Morgan fingerprint density at radius 3 is 2.62 bits per heavy atom. The summed E-state index contributed by atoms with van der Waals surface area (Å²) in [4.78, 5) is 14.0. The summed E-state index contributed by atoms with van der Waals surface area (Å²) in [5.74, 6) is 2.13. The highest BCUT2D eigenvalue weighted by atomic mass is 32.1. The van der Waals surface area contributed by atoms with E-state index in [2.05, 4.69) is 4.98 Å². The van der Waals surface area contributed by atoms with Crippen LogP contribution in [0.1, 0.15) is 34.9 Å². The van der Waals surface area contributed by atoms with Gasteiger partial charge in [-0.2, -0.15) is 0 Å². The fraction of sp³-hybridized carbons (Fsp3) is 0.348. The number of H-pyrrole nitrogens is 1. The van der Waals surface area contributed by atoms with Crippen molar-refractivity contribution in [1.82, 2.24) is 4.98 Å². The number of ether oxygens (including phenoxy) is 4. The van der Waals surface area contributed by atoms with Crippen LogP contribution < -0.4 is 23.8 Å². The molecule has 0 radical (unpaired) electrons. The molecule has 1 atom stereocenters. The Balaban J connectivity index is 1.28. The number of aromatic nitrogens is 1. The van der Waals surface area contributed by atoms with Gasteiger partial charge in [-0.15, -0.1) is 0 Å². The van der Waals surface area contributed by atoms with Crippen molar-refractivity contribution >= 4 is 11.3 Å². The molecule has 2 aliphatic rings. The number of aromatic amines is 1. The maximum atomic E-state index is 11.3. The van der Waals surface area contributed by atoms with Crippen molar-refractivity contribution in [1.29, 1.82) is 0 Å². The van der Waals surface area contributed by atoms with E-state index < -0.39 is 5.60 Å². The average Bonchev–Trinajstić information content (AvgIpc) is 3.38. The van der Waals surface area contributed by atoms with Gasteiger partial charge in [-0.25, -0.2) is 0 Å². The second-order valence-electron chi connectivity index (χ2n) is 8.29. The summed E-state index contributed by atoms with van der Waals surface area (Å²) < 4.78 is 23.4. The number of thiazole rings is 1. The second-order valence-corrected chi connectivity index (χ2v) is 9.36. The van der Waals surface area contributed by atoms with Crippen molar-refractivity contribution in [2.24, 2.45) is 0 Å². The predicted molar refractivity (Wildman–Crippen MR) is 118 cm³/mol. The molecule has 2 aliphatic heterocycles. The normalized spacial score (nSPS) is 18.8. The number of hydrogen-bond donors (Lipinski definition) is 3. The molecule has 9 heteroatoms. The minimum atomic E-state index is -0.572. The summed E-state index contributed by atoms with van der Waals surface area (Å²) >= 11 is 1.00. The number of rotatable bonds is 5. The Labute approximate surface area is 188 Å². The number of phenolic OH excluding ortho intramolecular Hbond substituents is 1. The van der Waals surface area contributed by atoms with E-state index in [1.807, 2.05) is 38.1 Å². The van der Waals surface area contributed by atoms with Gasteiger partial charge in [0.05, 0.1) is 4.88 Å². The first-order valence-electron chi connectivity index (χ1n) is 10.3. The van der Waals surface area contributed by atoms with Crippen molar-refractivity contribution in [3.05, 3.63) is 55.5 Å². The topological polar surface area (TPSA) is 110 Å². The van der Waals surface area contributed by atoms with Crippen LogP contribution in [0.25, 0.3) is 0 Å². The zero-order valence-corrected chi connectivity index (χ0v) is 18.5. The van der Waals surface area contributed by atoms with Crippen LogP contribution in [0.5, 0.6) is 34.6 Å². The number of benzene rings is 2. The number of hydrogen-bond acceptors (Lipinski definition) is 8. The fourth-order valence-corrected chi connectivity index (χ4v) is 4.80. The molecule has 0 amide bonds. The van der Waals surface area contributed by atoms with E-state index in [0.717, 1.165) is 40.9 Å². The number of nitrogens with one attached hydrogen (secondary N) is 1. The Hall–Kier alpha value is -3.33. The highest BCUT2D eigenvalue weighted by Gasteiger charge is 2.39. The summed E-state index contributed by atoms with van der Waals surface area (Å²) in [5, 5.41) is 20.1. The van der Waals surface area contributed by atoms with Gasteiger partial charge in [-0.1, -0.05) is 23.5 Å². The molecule has 5 rings (SSSR count). The van der Waals surface area contributed by atoms with Gasteiger partial charge >= 0.3 is 4.87 Å². The van der Waals surface area contributed by atoms with E-state index in [0.29, 0.717) is 40.9 Å². The molecule has 0 saturated carbocycles. The molecule has 8 nitrogen and oxygen atoms in total. The molecule has 3 heterocycles. The van der Waals surface area contributed by atoms with Crippen molar-refractivity contribution in [3.8, 4) is 34.6 Å². The lowest BCUT2D eigenvalue weighted by Crippen LogP contribution is -2.42. The molecule has 0 fully saturated rings. The molecule has 2 aromatic carbocycles. The third-order valence-corrected chi connectivity index (χ3v) is 6.77. The molecular weight excluding hydrogens is 434 g/mol. The van der Waals surface area contributed by atoms with Crippen molar-refractivity contribution in [2.75, 3.05) is 13.4 Å². The van der Waals surface area contributed by atoms with Crippen LogP contribution >= 0.6 is 11.3 Å². The van der Waals surface area contributed by atoms with Gasteiger partial charge in [0.2, 0.25) is 24.2 Å². The number of aromatic hydroxyl groups is 2. The van der Waals surface area contributed by atoms with Crippen LogP contribution in [0, 0.1) is 6.92 Å². The average molecular weight is 458 g/mol. The smallest absolute Gasteiger partial charge is 0.307 e. The summed E-state index contributed by atoms with van der Waals surface area (Å²) in [5.41, 5.74) is 2.07. The van der Waals surface area contributed by atoms with E-state index in [4.69, 9.17) is 18.9 Å². The summed E-state index contributed by atoms with van der Waals surface area (Å²) in [6, 6.07) is 7.53. The molecule has 1 unspecified atom stereocenters. The molecule has 3 aromatic rings. The molecule has 32 heavy (non-hydrogen) atoms. The monoisotopic (exact) mass is 457 g/mol. The van der Waals surface area contributed by atoms with Crippen LogP contribution in [0.3, 0.4) is 0 Å². The summed E-state index contributed by atoms with van der Waals surface area (Å²) in [7, 11) is 0. The molecule has 0 spiro atoms. The van der Waals surface area contributed by atoms with Gasteiger partial charge in [0.25, 0.3) is 0 Å². The van der Waals surface area contributed by atoms with Crippen molar-refractivity contribution in [3.63, 3.8) is 0 Å². The lowest BCUT2D eigenvalue weighted by atomic mass is 9.90. The van der Waals surface area contributed by atoms with Crippen LogP contribution in [0.4, 0.5) is 0 Å². The molecule has 168 valence electrons. The van der Waals surface area contributed by atoms with E-state index in [1.165, 1.54) is 0 Å². The van der Waals surface area contributed by atoms with Gasteiger partial charge in [0.1, 0.15) is 18.0 Å². The largest absolute Gasteiger partial charge is 0.504 e. The highest BCUT2D eigenvalue weighted by Crippen LogP contribution is 2.54. The maximum Gasteiger partial charge on any atom is 0.307 e. The lowest BCUT2D eigenvalue weighted by molar-refractivity contribution is 0.0147. The van der Waals surface area contributed by atoms with Crippen molar-refractivity contribution in [2.45, 2.75) is 38.7 Å². The van der Waals surface area contributed by atoms with Gasteiger partial charge < -0.3 is 29.2 Å². The first kappa shape index (κ1) is 20.6. The standard InChI is InChI=1S/C23H23NO7S/c1-12-15-7-8-23(2,31-18(15)20-19(17(12)25)29-11-30-20)10-28-14-5-3-13(4-6-14)9-16-21(26)24-22(27)32-16/h3-6,25-26H,7-11H2,1-2H3,(H,24,27). The highest BCUT2D eigenvalue weighted by molar-refractivity contribution is 7.09. The van der Waals surface area contributed by atoms with Gasteiger partial charge in [-0.05, 0) is 44.4 Å². The minimum absolute atomic E-state index is 0.0547. The van der Waals surface area contributed by atoms with Crippen LogP contribution in [0.15, 0.2) is 29.1 Å². The van der Waals surface area contributed by atoms with E-state index >= 15 is 0 Å². The predicted octanol–water partition coefficient (Wildman–Crippen LogP) is 3.64. The zero-order valence-electron chi connectivity index (χ0n) is 17.7. The van der Waals surface area contributed by atoms with E-state index in [1.54, 1.807) is 0 Å². The van der Waals surface area contributed by atoms with E-state index in [9.17, 15) is 15.0 Å². The first-order valence-corrected chi connectivity index (χ1v) is 11.1. The van der Waals surface area contributed by atoms with Crippen LogP contribution in [-0.2, 0) is 12.8 Å². The molecule has 0 saturated heterocycles. The molecule has 0 aliphatic carbocycles. The third-order valence-electron chi connectivity index (χ3n) is 5.90. The van der Waals surface area contributed by atoms with Gasteiger partial charge in [0, 0.05) is 17.5 Å². The quantitative estimate of drug-likeness (QED) is 0.537. The second kappa shape index (κ2) is 7.67. The van der Waals surface area contributed by atoms with Crippen molar-refractivity contribution < 1.29 is 29.2 Å². The van der Waals surface area contributed by atoms with Crippen LogP contribution in [-0.4, -0.2) is 34.2 Å². The molecule has 1 aromatic heterocycles. The molecular formula is C23H23NO7S. The van der Waals surface area contributed by atoms with Gasteiger partial charge in [-0.3, -0.25) is 9.78 Å². The Kier molecular flexibility index (Phi) is 4.93. The zero-order chi connectivity index (χ0) is 22.5. The Morgan fingerprint density at radius 2 is 1.91 bits per heavy atom. The van der Waals surface area contributed by atoms with Crippen LogP contribution in [0.2, 0.25) is 0 Å². The SMILES string of the molecule is Cc1c(O)c2c(c3c1CCC(C)(COc1ccc(Cc4sc(=O)[nH]c4O)cc1)O3)OCO2. The Morgan fingerprint density at radius 1 is 1.16 bits per heavy atom. The maximum absolute atomic E-state index is 11.3. The molecule has 3 N–H and O–H groups in total.